The zero-order valence-corrected chi connectivity index (χ0v) is 13.3. The molecule has 1 heterocycles. The Labute approximate surface area is 143 Å². The Morgan fingerprint density at radius 2 is 1.76 bits per heavy atom. The first-order valence-corrected chi connectivity index (χ1v) is 7.69. The summed E-state index contributed by atoms with van der Waals surface area (Å²) in [5, 5.41) is 6.65. The molecule has 0 bridgehead atoms. The number of carbonyl (C=O) groups excluding carboxylic acids is 2. The predicted octanol–water partition coefficient (Wildman–Crippen LogP) is 2.41. The van der Waals surface area contributed by atoms with Crippen molar-refractivity contribution in [2.75, 3.05) is 5.32 Å². The van der Waals surface area contributed by atoms with Gasteiger partial charge >= 0.3 is 0 Å². The van der Waals surface area contributed by atoms with Crippen LogP contribution in [0, 0.1) is 0 Å². The van der Waals surface area contributed by atoms with E-state index >= 15 is 0 Å². The molecule has 1 aromatic heterocycles. The molecule has 0 aliphatic carbocycles. The SMILES string of the molecule is NC(=O)c1ccc(NC(=O)CCc2nc(-c3ccccc3)no2)cc1. The van der Waals surface area contributed by atoms with Crippen molar-refractivity contribution < 1.29 is 14.1 Å². The minimum atomic E-state index is -0.511. The zero-order valence-electron chi connectivity index (χ0n) is 13.3. The van der Waals surface area contributed by atoms with Crippen LogP contribution in [0.4, 0.5) is 5.69 Å². The van der Waals surface area contributed by atoms with Crippen LogP contribution in [-0.2, 0) is 11.2 Å². The number of anilines is 1. The van der Waals surface area contributed by atoms with Gasteiger partial charge in [0.05, 0.1) is 0 Å². The largest absolute Gasteiger partial charge is 0.366 e. The molecule has 7 heteroatoms. The Balaban J connectivity index is 1.54. The first-order valence-electron chi connectivity index (χ1n) is 7.69. The summed E-state index contributed by atoms with van der Waals surface area (Å²) in [6.45, 7) is 0. The lowest BCUT2D eigenvalue weighted by Crippen LogP contribution is -2.13. The molecule has 0 aliphatic rings. The number of rotatable bonds is 6. The molecule has 0 unspecified atom stereocenters. The fourth-order valence-electron chi connectivity index (χ4n) is 2.22. The van der Waals surface area contributed by atoms with Gasteiger partial charge in [-0.05, 0) is 24.3 Å². The summed E-state index contributed by atoms with van der Waals surface area (Å²) in [6.07, 6.45) is 0.541. The van der Waals surface area contributed by atoms with Crippen LogP contribution in [0.3, 0.4) is 0 Å². The number of carbonyl (C=O) groups is 2. The van der Waals surface area contributed by atoms with E-state index in [1.165, 1.54) is 0 Å². The highest BCUT2D eigenvalue weighted by Gasteiger charge is 2.11. The summed E-state index contributed by atoms with van der Waals surface area (Å²) in [5.41, 5.74) is 7.00. The summed E-state index contributed by atoms with van der Waals surface area (Å²) in [4.78, 5) is 27.3. The van der Waals surface area contributed by atoms with E-state index in [-0.39, 0.29) is 12.3 Å². The standard InChI is InChI=1S/C18H16N4O3/c19-17(24)12-6-8-14(9-7-12)20-15(23)10-11-16-21-18(22-25-16)13-4-2-1-3-5-13/h1-9H,10-11H2,(H2,19,24)(H,20,23). The molecule has 25 heavy (non-hydrogen) atoms. The molecule has 3 N–H and O–H groups in total. The first-order chi connectivity index (χ1) is 12.1. The third-order valence-electron chi connectivity index (χ3n) is 3.52. The number of benzene rings is 2. The van der Waals surface area contributed by atoms with Gasteiger partial charge in [-0.15, -0.1) is 0 Å². The lowest BCUT2D eigenvalue weighted by atomic mass is 10.2. The smallest absolute Gasteiger partial charge is 0.248 e. The molecule has 7 nitrogen and oxygen atoms in total. The highest BCUT2D eigenvalue weighted by molar-refractivity contribution is 5.94. The van der Waals surface area contributed by atoms with E-state index in [2.05, 4.69) is 15.5 Å². The van der Waals surface area contributed by atoms with Gasteiger partial charge in [0.2, 0.25) is 23.5 Å². The van der Waals surface area contributed by atoms with Crippen LogP contribution in [0.1, 0.15) is 22.7 Å². The Hall–Kier alpha value is -3.48. The normalized spacial score (nSPS) is 10.4. The number of nitrogens with one attached hydrogen (secondary N) is 1. The Bertz CT molecular complexity index is 873. The van der Waals surface area contributed by atoms with Gasteiger partial charge in [-0.3, -0.25) is 9.59 Å². The summed E-state index contributed by atoms with van der Waals surface area (Å²) >= 11 is 0. The van der Waals surface area contributed by atoms with E-state index in [0.29, 0.717) is 29.4 Å². The van der Waals surface area contributed by atoms with Crippen LogP contribution in [0.5, 0.6) is 0 Å². The number of aryl methyl sites for hydroxylation is 1. The molecule has 0 saturated carbocycles. The fraction of sp³-hybridized carbons (Fsp3) is 0.111. The summed E-state index contributed by atoms with van der Waals surface area (Å²) in [5.74, 6) is 0.200. The van der Waals surface area contributed by atoms with E-state index in [9.17, 15) is 9.59 Å². The zero-order chi connectivity index (χ0) is 17.6. The number of aromatic nitrogens is 2. The number of nitrogens with two attached hydrogens (primary N) is 1. The van der Waals surface area contributed by atoms with Gasteiger partial charge in [0, 0.05) is 29.7 Å². The summed E-state index contributed by atoms with van der Waals surface area (Å²) in [7, 11) is 0. The molecular weight excluding hydrogens is 320 g/mol. The van der Waals surface area contributed by atoms with Crippen LogP contribution >= 0.6 is 0 Å². The minimum Gasteiger partial charge on any atom is -0.366 e. The van der Waals surface area contributed by atoms with Crippen molar-refractivity contribution in [3.05, 3.63) is 66.1 Å². The molecule has 2 aromatic carbocycles. The lowest BCUT2D eigenvalue weighted by molar-refractivity contribution is -0.116. The quantitative estimate of drug-likeness (QED) is 0.718. The number of primary amides is 1. The van der Waals surface area contributed by atoms with Crippen molar-refractivity contribution in [2.45, 2.75) is 12.8 Å². The van der Waals surface area contributed by atoms with E-state index in [1.807, 2.05) is 30.3 Å². The molecular formula is C18H16N4O3. The van der Waals surface area contributed by atoms with Crippen LogP contribution < -0.4 is 11.1 Å². The van der Waals surface area contributed by atoms with Crippen LogP contribution in [-0.4, -0.2) is 22.0 Å². The monoisotopic (exact) mass is 336 g/mol. The molecule has 3 rings (SSSR count). The third kappa shape index (κ3) is 4.29. The summed E-state index contributed by atoms with van der Waals surface area (Å²) in [6, 6.07) is 15.8. The molecule has 126 valence electrons. The fourth-order valence-corrected chi connectivity index (χ4v) is 2.22. The van der Waals surface area contributed by atoms with Crippen molar-refractivity contribution >= 4 is 17.5 Å². The maximum atomic E-state index is 12.0. The number of amides is 2. The number of nitrogens with zero attached hydrogens (tertiary/aromatic N) is 2. The van der Waals surface area contributed by atoms with Gasteiger partial charge < -0.3 is 15.6 Å². The third-order valence-corrected chi connectivity index (χ3v) is 3.52. The minimum absolute atomic E-state index is 0.189. The highest BCUT2D eigenvalue weighted by Crippen LogP contribution is 2.15. The van der Waals surface area contributed by atoms with Gasteiger partial charge in [-0.2, -0.15) is 4.98 Å². The molecule has 0 aliphatic heterocycles. The second-order valence-electron chi connectivity index (χ2n) is 5.37. The maximum Gasteiger partial charge on any atom is 0.248 e. The second kappa shape index (κ2) is 7.39. The lowest BCUT2D eigenvalue weighted by Gasteiger charge is -2.04. The van der Waals surface area contributed by atoms with E-state index in [0.717, 1.165) is 5.56 Å². The van der Waals surface area contributed by atoms with Gasteiger partial charge in [0.15, 0.2) is 0 Å². The molecule has 0 radical (unpaired) electrons. The number of hydrogen-bond donors (Lipinski definition) is 2. The maximum absolute atomic E-state index is 12.0. The molecule has 0 fully saturated rings. The first kappa shape index (κ1) is 16.4. The summed E-state index contributed by atoms with van der Waals surface area (Å²) < 4.78 is 5.17. The van der Waals surface area contributed by atoms with Crippen LogP contribution in [0.2, 0.25) is 0 Å². The van der Waals surface area contributed by atoms with Gasteiger partial charge in [0.25, 0.3) is 0 Å². The average molecular weight is 336 g/mol. The van der Waals surface area contributed by atoms with E-state index in [1.54, 1.807) is 24.3 Å². The Morgan fingerprint density at radius 1 is 1.04 bits per heavy atom. The van der Waals surface area contributed by atoms with E-state index in [4.69, 9.17) is 10.3 Å². The van der Waals surface area contributed by atoms with E-state index < -0.39 is 5.91 Å². The van der Waals surface area contributed by atoms with Crippen molar-refractivity contribution in [2.24, 2.45) is 5.73 Å². The molecule has 0 atom stereocenters. The van der Waals surface area contributed by atoms with Crippen molar-refractivity contribution in [3.63, 3.8) is 0 Å². The van der Waals surface area contributed by atoms with Gasteiger partial charge in [0.1, 0.15) is 0 Å². The second-order valence-corrected chi connectivity index (χ2v) is 5.37. The van der Waals surface area contributed by atoms with Crippen molar-refractivity contribution in [1.82, 2.24) is 10.1 Å². The molecule has 3 aromatic rings. The Kier molecular flexibility index (Phi) is 4.84. The number of hydrogen-bond acceptors (Lipinski definition) is 5. The van der Waals surface area contributed by atoms with Crippen molar-refractivity contribution in [1.29, 1.82) is 0 Å². The average Bonchev–Trinajstić information content (AvgIpc) is 3.10. The Morgan fingerprint density at radius 3 is 2.44 bits per heavy atom. The molecule has 0 saturated heterocycles. The predicted molar refractivity (Wildman–Crippen MR) is 91.6 cm³/mol. The van der Waals surface area contributed by atoms with Crippen LogP contribution in [0.15, 0.2) is 59.1 Å². The molecule has 0 spiro atoms. The topological polar surface area (TPSA) is 111 Å². The van der Waals surface area contributed by atoms with Crippen LogP contribution in [0.25, 0.3) is 11.4 Å². The molecule has 2 amide bonds. The van der Waals surface area contributed by atoms with Gasteiger partial charge in [-0.1, -0.05) is 35.5 Å². The van der Waals surface area contributed by atoms with Crippen molar-refractivity contribution in [3.8, 4) is 11.4 Å². The highest BCUT2D eigenvalue weighted by atomic mass is 16.5. The van der Waals surface area contributed by atoms with Gasteiger partial charge in [-0.25, -0.2) is 0 Å².